The van der Waals surface area contributed by atoms with Crippen molar-refractivity contribution in [3.05, 3.63) is 46.2 Å². The molecule has 4 rings (SSSR count). The van der Waals surface area contributed by atoms with Crippen LogP contribution in [-0.4, -0.2) is 35.9 Å². The zero-order valence-corrected chi connectivity index (χ0v) is 14.0. The van der Waals surface area contributed by atoms with Gasteiger partial charge < -0.3 is 14.6 Å². The van der Waals surface area contributed by atoms with Gasteiger partial charge in [-0.05, 0) is 59.5 Å². The highest BCUT2D eigenvalue weighted by Gasteiger charge is 2.32. The third kappa shape index (κ3) is 2.87. The summed E-state index contributed by atoms with van der Waals surface area (Å²) in [7, 11) is 0. The zero-order valence-electron chi connectivity index (χ0n) is 13.2. The fraction of sp³-hybridized carbons (Fsp3) is 0.389. The Labute approximate surface area is 144 Å². The first-order valence-electron chi connectivity index (χ1n) is 8.11. The first-order valence-corrected chi connectivity index (χ1v) is 9.05. The number of ether oxygens (including phenoxy) is 2. The van der Waals surface area contributed by atoms with Crippen LogP contribution in [0.15, 0.2) is 35.0 Å². The summed E-state index contributed by atoms with van der Waals surface area (Å²) in [6.45, 7) is 1.73. The maximum atomic E-state index is 11.4. The van der Waals surface area contributed by atoms with Crippen molar-refractivity contribution in [1.82, 2.24) is 4.90 Å². The number of hydrogen-bond donors (Lipinski definition) is 1. The third-order valence-electron chi connectivity index (χ3n) is 4.74. The number of piperidine rings is 1. The van der Waals surface area contributed by atoms with E-state index in [0.29, 0.717) is 6.54 Å². The molecule has 3 heterocycles. The van der Waals surface area contributed by atoms with Crippen LogP contribution in [0.3, 0.4) is 0 Å². The lowest BCUT2D eigenvalue weighted by Crippen LogP contribution is -2.41. The highest BCUT2D eigenvalue weighted by Crippen LogP contribution is 2.39. The van der Waals surface area contributed by atoms with E-state index in [9.17, 15) is 9.90 Å². The summed E-state index contributed by atoms with van der Waals surface area (Å²) < 4.78 is 10.9. The summed E-state index contributed by atoms with van der Waals surface area (Å²) in [5, 5.41) is 13.6. The fourth-order valence-electron chi connectivity index (χ4n) is 3.57. The summed E-state index contributed by atoms with van der Waals surface area (Å²) in [5.74, 6) is 0.535. The van der Waals surface area contributed by atoms with Crippen LogP contribution < -0.4 is 9.47 Å². The van der Waals surface area contributed by atoms with Crippen LogP contribution in [0.4, 0.5) is 0 Å². The molecule has 1 N–H and O–H groups in total. The van der Waals surface area contributed by atoms with Crippen LogP contribution in [-0.2, 0) is 4.79 Å². The molecule has 5 nitrogen and oxygen atoms in total. The molecule has 2 aliphatic heterocycles. The zero-order chi connectivity index (χ0) is 16.5. The molecule has 24 heavy (non-hydrogen) atoms. The number of carboxylic acids is 1. The van der Waals surface area contributed by atoms with Crippen LogP contribution in [0.2, 0.25) is 0 Å². The van der Waals surface area contributed by atoms with E-state index in [0.717, 1.165) is 36.4 Å². The van der Waals surface area contributed by atoms with Gasteiger partial charge in [0.15, 0.2) is 11.5 Å². The number of hydrogen-bond acceptors (Lipinski definition) is 5. The lowest BCUT2D eigenvalue weighted by molar-refractivity contribution is -0.143. The molecule has 0 spiro atoms. The minimum Gasteiger partial charge on any atom is -0.481 e. The Bertz CT molecular complexity index is 731. The van der Waals surface area contributed by atoms with E-state index in [2.05, 4.69) is 27.8 Å². The molecule has 126 valence electrons. The SMILES string of the molecule is O=C(O)C1CCCN(C(c2ccsc2)c2ccc3c(c2)OCO3)C1. The van der Waals surface area contributed by atoms with Crippen molar-refractivity contribution in [1.29, 1.82) is 0 Å². The van der Waals surface area contributed by atoms with Crippen LogP contribution in [0.25, 0.3) is 0 Å². The van der Waals surface area contributed by atoms with Crippen molar-refractivity contribution in [3.8, 4) is 11.5 Å². The number of nitrogens with zero attached hydrogens (tertiary/aromatic N) is 1. The summed E-state index contributed by atoms with van der Waals surface area (Å²) in [5.41, 5.74) is 2.31. The highest BCUT2D eigenvalue weighted by atomic mass is 32.1. The van der Waals surface area contributed by atoms with Gasteiger partial charge in [0.25, 0.3) is 0 Å². The van der Waals surface area contributed by atoms with Crippen molar-refractivity contribution in [2.75, 3.05) is 19.9 Å². The molecule has 1 aromatic heterocycles. The summed E-state index contributed by atoms with van der Waals surface area (Å²) in [4.78, 5) is 13.7. The second kappa shape index (κ2) is 6.45. The van der Waals surface area contributed by atoms with E-state index in [1.165, 1.54) is 5.56 Å². The smallest absolute Gasteiger partial charge is 0.307 e. The topological polar surface area (TPSA) is 59.0 Å². The van der Waals surface area contributed by atoms with E-state index in [1.54, 1.807) is 11.3 Å². The molecule has 1 fully saturated rings. The largest absolute Gasteiger partial charge is 0.481 e. The number of likely N-dealkylation sites (tertiary alicyclic amines) is 1. The Balaban J connectivity index is 1.69. The van der Waals surface area contributed by atoms with Gasteiger partial charge in [-0.25, -0.2) is 0 Å². The Morgan fingerprint density at radius 1 is 1.25 bits per heavy atom. The normalized spacial score (nSPS) is 21.6. The first kappa shape index (κ1) is 15.5. The van der Waals surface area contributed by atoms with Gasteiger partial charge in [-0.2, -0.15) is 11.3 Å². The molecule has 0 aliphatic carbocycles. The molecule has 0 saturated carbocycles. The number of aliphatic carboxylic acids is 1. The van der Waals surface area contributed by atoms with Crippen molar-refractivity contribution in [2.24, 2.45) is 5.92 Å². The molecule has 0 radical (unpaired) electrons. The van der Waals surface area contributed by atoms with Crippen molar-refractivity contribution >= 4 is 17.3 Å². The van der Waals surface area contributed by atoms with Gasteiger partial charge in [-0.3, -0.25) is 9.69 Å². The second-order valence-electron chi connectivity index (χ2n) is 6.24. The van der Waals surface area contributed by atoms with Gasteiger partial charge in [-0.15, -0.1) is 0 Å². The number of benzene rings is 1. The monoisotopic (exact) mass is 345 g/mol. The van der Waals surface area contributed by atoms with Crippen molar-refractivity contribution < 1.29 is 19.4 Å². The predicted molar refractivity (Wildman–Crippen MR) is 90.7 cm³/mol. The molecule has 2 aromatic rings. The fourth-order valence-corrected chi connectivity index (χ4v) is 4.25. The van der Waals surface area contributed by atoms with Gasteiger partial charge in [0.1, 0.15) is 0 Å². The predicted octanol–water partition coefficient (Wildman–Crippen LogP) is 3.36. The molecule has 0 amide bonds. The van der Waals surface area contributed by atoms with Crippen molar-refractivity contribution in [2.45, 2.75) is 18.9 Å². The minimum absolute atomic E-state index is 0.0490. The Morgan fingerprint density at radius 2 is 2.12 bits per heavy atom. The number of fused-ring (bicyclic) bond motifs is 1. The van der Waals surface area contributed by atoms with E-state index >= 15 is 0 Å². The van der Waals surface area contributed by atoms with Gasteiger partial charge in [-0.1, -0.05) is 6.07 Å². The number of thiophene rings is 1. The summed E-state index contributed by atoms with van der Waals surface area (Å²) in [6, 6.07) is 8.18. The Kier molecular flexibility index (Phi) is 4.16. The van der Waals surface area contributed by atoms with Crippen LogP contribution >= 0.6 is 11.3 Å². The van der Waals surface area contributed by atoms with Gasteiger partial charge in [0.05, 0.1) is 12.0 Å². The van der Waals surface area contributed by atoms with E-state index in [-0.39, 0.29) is 18.8 Å². The lowest BCUT2D eigenvalue weighted by atomic mass is 9.92. The average molecular weight is 345 g/mol. The third-order valence-corrected chi connectivity index (χ3v) is 5.44. The van der Waals surface area contributed by atoms with Gasteiger partial charge >= 0.3 is 5.97 Å². The summed E-state index contributed by atoms with van der Waals surface area (Å²) in [6.07, 6.45) is 1.66. The number of rotatable bonds is 4. The van der Waals surface area contributed by atoms with E-state index in [1.807, 2.05) is 12.1 Å². The van der Waals surface area contributed by atoms with Gasteiger partial charge in [0, 0.05) is 6.54 Å². The lowest BCUT2D eigenvalue weighted by Gasteiger charge is -2.37. The molecular formula is C18H19NO4S. The highest BCUT2D eigenvalue weighted by molar-refractivity contribution is 7.08. The second-order valence-corrected chi connectivity index (χ2v) is 7.02. The summed E-state index contributed by atoms with van der Waals surface area (Å²) >= 11 is 1.66. The van der Waals surface area contributed by atoms with Crippen LogP contribution in [0, 0.1) is 5.92 Å². The maximum absolute atomic E-state index is 11.4. The Hall–Kier alpha value is -2.05. The molecule has 2 atom stereocenters. The molecule has 1 aromatic carbocycles. The molecule has 0 bridgehead atoms. The first-order chi connectivity index (χ1) is 11.7. The van der Waals surface area contributed by atoms with Crippen molar-refractivity contribution in [3.63, 3.8) is 0 Å². The molecular weight excluding hydrogens is 326 g/mol. The molecule has 6 heteroatoms. The number of carboxylic acid groups (broad SMARTS) is 1. The quantitative estimate of drug-likeness (QED) is 0.921. The number of carbonyl (C=O) groups is 1. The standard InChI is InChI=1S/C18H19NO4S/c20-18(21)13-2-1-6-19(9-13)17(14-5-7-24-10-14)12-3-4-15-16(8-12)23-11-22-15/h3-5,7-8,10,13,17H,1-2,6,9,11H2,(H,20,21). The van der Waals surface area contributed by atoms with E-state index in [4.69, 9.17) is 9.47 Å². The Morgan fingerprint density at radius 3 is 2.92 bits per heavy atom. The van der Waals surface area contributed by atoms with Crippen LogP contribution in [0.5, 0.6) is 11.5 Å². The van der Waals surface area contributed by atoms with Crippen LogP contribution in [0.1, 0.15) is 30.0 Å². The molecule has 2 aliphatic rings. The molecule has 2 unspecified atom stereocenters. The maximum Gasteiger partial charge on any atom is 0.307 e. The van der Waals surface area contributed by atoms with E-state index < -0.39 is 5.97 Å². The van der Waals surface area contributed by atoms with Gasteiger partial charge in [0.2, 0.25) is 6.79 Å². The molecule has 1 saturated heterocycles. The average Bonchev–Trinajstić information content (AvgIpc) is 3.26. The minimum atomic E-state index is -0.700.